The van der Waals surface area contributed by atoms with Crippen LogP contribution < -0.4 is 5.32 Å². The van der Waals surface area contributed by atoms with E-state index in [2.05, 4.69) is 5.32 Å². The molecule has 0 unspecified atom stereocenters. The lowest BCUT2D eigenvalue weighted by molar-refractivity contribution is -0.123. The molecule has 1 fully saturated rings. The molecule has 3 heterocycles. The highest BCUT2D eigenvalue weighted by Gasteiger charge is 2.35. The number of imide groups is 1. The Morgan fingerprint density at radius 2 is 1.89 bits per heavy atom. The van der Waals surface area contributed by atoms with Crippen LogP contribution in [0.1, 0.15) is 16.0 Å². The highest BCUT2D eigenvalue weighted by atomic mass is 35.5. The third-order valence-electron chi connectivity index (χ3n) is 5.68. The second-order valence-electron chi connectivity index (χ2n) is 8.09. The first-order valence-corrected chi connectivity index (χ1v) is 13.4. The Bertz CT molecular complexity index is 1510. The number of hydrogen-bond donors (Lipinski definition) is 1. The topological polar surface area (TPSA) is 71.4 Å². The summed E-state index contributed by atoms with van der Waals surface area (Å²) in [5, 5.41) is 6.30. The second-order valence-corrected chi connectivity index (χ2v) is 11.0. The van der Waals surface area contributed by atoms with Crippen LogP contribution in [0, 0.1) is 0 Å². The lowest BCUT2D eigenvalue weighted by Crippen LogP contribution is -2.27. The summed E-state index contributed by atoms with van der Waals surface area (Å²) < 4.78 is 1.85. The Hall–Kier alpha value is -3.04. The van der Waals surface area contributed by atoms with Crippen LogP contribution in [0.15, 0.2) is 71.1 Å². The number of nitrogens with zero attached hydrogens (tertiary/aromatic N) is 2. The first-order chi connectivity index (χ1) is 17.4. The standard InChI is InChI=1S/C26H19Cl2N3O3S2/c27-18-8-7-16(21(28)11-18)14-31-25(33)23(36-26(31)34)10-17-13-30(22-6-2-1-5-20(17)22)15-24(32)29-12-19-4-3-9-35-19/h1-11,13H,12,14-15H2,(H,29,32)/b23-10-. The largest absolute Gasteiger partial charge is 0.350 e. The predicted octanol–water partition coefficient (Wildman–Crippen LogP) is 6.56. The molecule has 10 heteroatoms. The Labute approximate surface area is 225 Å². The number of nitrogens with one attached hydrogen (secondary N) is 1. The van der Waals surface area contributed by atoms with Crippen molar-refractivity contribution in [2.45, 2.75) is 19.6 Å². The van der Waals surface area contributed by atoms with E-state index in [0.29, 0.717) is 27.1 Å². The maximum Gasteiger partial charge on any atom is 0.293 e. The molecule has 3 amide bonds. The molecular weight excluding hydrogens is 537 g/mol. The Kier molecular flexibility index (Phi) is 7.20. The van der Waals surface area contributed by atoms with E-state index in [9.17, 15) is 14.4 Å². The van der Waals surface area contributed by atoms with E-state index in [1.54, 1.807) is 35.6 Å². The van der Waals surface area contributed by atoms with E-state index in [4.69, 9.17) is 23.2 Å². The van der Waals surface area contributed by atoms with Gasteiger partial charge in [-0.2, -0.15) is 0 Å². The van der Waals surface area contributed by atoms with Crippen molar-refractivity contribution in [1.82, 2.24) is 14.8 Å². The van der Waals surface area contributed by atoms with Crippen LogP contribution >= 0.6 is 46.3 Å². The van der Waals surface area contributed by atoms with Crippen LogP contribution in [-0.4, -0.2) is 26.5 Å². The van der Waals surface area contributed by atoms with Gasteiger partial charge in [-0.1, -0.05) is 53.5 Å². The minimum absolute atomic E-state index is 0.0597. The number of carbonyl (C=O) groups excluding carboxylic acids is 3. The van der Waals surface area contributed by atoms with Crippen LogP contribution in [-0.2, 0) is 29.2 Å². The van der Waals surface area contributed by atoms with Gasteiger partial charge >= 0.3 is 0 Å². The van der Waals surface area contributed by atoms with Crippen molar-refractivity contribution >= 4 is 80.3 Å². The van der Waals surface area contributed by atoms with E-state index >= 15 is 0 Å². The molecule has 36 heavy (non-hydrogen) atoms. The van der Waals surface area contributed by atoms with Crippen molar-refractivity contribution < 1.29 is 14.4 Å². The minimum Gasteiger partial charge on any atom is -0.350 e. The average Bonchev–Trinajstić information content (AvgIpc) is 3.56. The van der Waals surface area contributed by atoms with Gasteiger partial charge in [-0.3, -0.25) is 19.3 Å². The summed E-state index contributed by atoms with van der Waals surface area (Å²) in [6.45, 7) is 0.674. The number of amides is 3. The molecule has 0 radical (unpaired) electrons. The van der Waals surface area contributed by atoms with Crippen molar-refractivity contribution in [3.8, 4) is 0 Å². The van der Waals surface area contributed by atoms with Gasteiger partial charge in [0.2, 0.25) is 5.91 Å². The molecule has 1 saturated heterocycles. The van der Waals surface area contributed by atoms with Crippen LogP contribution in [0.3, 0.4) is 0 Å². The van der Waals surface area contributed by atoms with E-state index in [1.165, 1.54) is 4.90 Å². The van der Waals surface area contributed by atoms with Gasteiger partial charge in [-0.15, -0.1) is 11.3 Å². The SMILES string of the molecule is O=C(Cn1cc(/C=C2\SC(=O)N(Cc3ccc(Cl)cc3Cl)C2=O)c2ccccc21)NCc1cccs1. The van der Waals surface area contributed by atoms with Gasteiger partial charge in [0, 0.05) is 37.6 Å². The van der Waals surface area contributed by atoms with Gasteiger partial charge in [0.25, 0.3) is 11.1 Å². The molecule has 4 aromatic rings. The molecule has 1 N–H and O–H groups in total. The third kappa shape index (κ3) is 5.22. The fourth-order valence-electron chi connectivity index (χ4n) is 3.93. The zero-order chi connectivity index (χ0) is 25.2. The molecule has 1 aliphatic heterocycles. The number of benzene rings is 2. The quantitative estimate of drug-likeness (QED) is 0.262. The van der Waals surface area contributed by atoms with E-state index in [1.807, 2.05) is 52.5 Å². The van der Waals surface area contributed by atoms with Gasteiger partial charge < -0.3 is 9.88 Å². The average molecular weight is 556 g/mol. The van der Waals surface area contributed by atoms with Gasteiger partial charge in [0.05, 0.1) is 18.0 Å². The molecule has 182 valence electrons. The third-order valence-corrected chi connectivity index (χ3v) is 8.05. The zero-order valence-corrected chi connectivity index (χ0v) is 21.9. The zero-order valence-electron chi connectivity index (χ0n) is 18.7. The fraction of sp³-hybridized carbons (Fsp3) is 0.115. The fourth-order valence-corrected chi connectivity index (χ4v) is 5.87. The number of aromatic nitrogens is 1. The number of carbonyl (C=O) groups is 3. The summed E-state index contributed by atoms with van der Waals surface area (Å²) >= 11 is 14.7. The van der Waals surface area contributed by atoms with Gasteiger partial charge in [0.1, 0.15) is 6.54 Å². The lowest BCUT2D eigenvalue weighted by atomic mass is 10.1. The molecule has 1 aliphatic rings. The number of hydrogen-bond acceptors (Lipinski definition) is 5. The lowest BCUT2D eigenvalue weighted by Gasteiger charge is -2.13. The van der Waals surface area contributed by atoms with Gasteiger partial charge in [0.15, 0.2) is 0 Å². The van der Waals surface area contributed by atoms with Crippen molar-refractivity contribution in [2.75, 3.05) is 0 Å². The van der Waals surface area contributed by atoms with Crippen molar-refractivity contribution in [1.29, 1.82) is 0 Å². The van der Waals surface area contributed by atoms with E-state index in [0.717, 1.165) is 33.1 Å². The molecule has 5 rings (SSSR count). The van der Waals surface area contributed by atoms with Crippen molar-refractivity contribution in [2.24, 2.45) is 0 Å². The summed E-state index contributed by atoms with van der Waals surface area (Å²) in [6, 6.07) is 16.5. The summed E-state index contributed by atoms with van der Waals surface area (Å²) in [5.74, 6) is -0.502. The number of rotatable bonds is 7. The maximum atomic E-state index is 13.1. The molecule has 0 bridgehead atoms. The monoisotopic (exact) mass is 555 g/mol. The molecule has 0 saturated carbocycles. The highest BCUT2D eigenvalue weighted by molar-refractivity contribution is 8.18. The summed E-state index contributed by atoms with van der Waals surface area (Å²) in [4.78, 5) is 40.9. The van der Waals surface area contributed by atoms with Gasteiger partial charge in [-0.25, -0.2) is 0 Å². The molecule has 0 atom stereocenters. The molecule has 0 spiro atoms. The molecule has 2 aromatic heterocycles. The number of fused-ring (bicyclic) bond motifs is 1. The van der Waals surface area contributed by atoms with Crippen molar-refractivity contribution in [3.63, 3.8) is 0 Å². The summed E-state index contributed by atoms with van der Waals surface area (Å²) in [5.41, 5.74) is 2.25. The van der Waals surface area contributed by atoms with E-state index in [-0.39, 0.29) is 30.1 Å². The number of thiophene rings is 1. The Morgan fingerprint density at radius 1 is 1.06 bits per heavy atom. The van der Waals surface area contributed by atoms with Crippen LogP contribution in [0.2, 0.25) is 10.0 Å². The number of para-hydroxylation sites is 1. The second kappa shape index (κ2) is 10.5. The first kappa shape index (κ1) is 24.6. The maximum absolute atomic E-state index is 13.1. The Morgan fingerprint density at radius 3 is 2.67 bits per heavy atom. The highest BCUT2D eigenvalue weighted by Crippen LogP contribution is 2.36. The molecule has 6 nitrogen and oxygen atoms in total. The van der Waals surface area contributed by atoms with Crippen LogP contribution in [0.4, 0.5) is 4.79 Å². The number of halogens is 2. The molecule has 2 aromatic carbocycles. The first-order valence-electron chi connectivity index (χ1n) is 11.0. The summed E-state index contributed by atoms with van der Waals surface area (Å²) in [7, 11) is 0. The Balaban J connectivity index is 1.37. The molecular formula is C26H19Cl2N3O3S2. The smallest absolute Gasteiger partial charge is 0.293 e. The molecule has 0 aliphatic carbocycles. The van der Waals surface area contributed by atoms with E-state index < -0.39 is 0 Å². The number of thioether (sulfide) groups is 1. The minimum atomic E-state index is -0.387. The van der Waals surface area contributed by atoms with Crippen LogP contribution in [0.5, 0.6) is 0 Å². The van der Waals surface area contributed by atoms with Gasteiger partial charge in [-0.05, 0) is 53.0 Å². The normalized spacial score (nSPS) is 14.8. The van der Waals surface area contributed by atoms with Crippen molar-refractivity contribution in [3.05, 3.63) is 97.1 Å². The van der Waals surface area contributed by atoms with Crippen LogP contribution in [0.25, 0.3) is 17.0 Å². The predicted molar refractivity (Wildman–Crippen MR) is 146 cm³/mol. The summed E-state index contributed by atoms with van der Waals surface area (Å²) in [6.07, 6.45) is 3.54.